The Labute approximate surface area is 155 Å². The first-order valence-corrected chi connectivity index (χ1v) is 10.1. The van der Waals surface area contributed by atoms with Crippen LogP contribution in [0.15, 0.2) is 75.6 Å². The molecular formula is C18H15N3O3S2. The second-order valence-corrected chi connectivity index (χ2v) is 8.33. The van der Waals surface area contributed by atoms with E-state index in [4.69, 9.17) is 4.74 Å². The Kier molecular flexibility index (Phi) is 4.21. The van der Waals surface area contributed by atoms with Gasteiger partial charge in [0.1, 0.15) is 5.75 Å². The quantitative estimate of drug-likeness (QED) is 0.551. The zero-order valence-corrected chi connectivity index (χ0v) is 15.4. The molecule has 0 radical (unpaired) electrons. The van der Waals surface area contributed by atoms with E-state index >= 15 is 0 Å². The normalized spacial score (nSPS) is 12.5. The molecule has 26 heavy (non-hydrogen) atoms. The van der Waals surface area contributed by atoms with E-state index in [1.54, 1.807) is 30.1 Å². The first-order chi connectivity index (χ1) is 12.6. The van der Waals surface area contributed by atoms with Crippen molar-refractivity contribution in [1.82, 2.24) is 4.98 Å². The smallest absolute Gasteiger partial charge is 0.262 e. The minimum atomic E-state index is -3.74. The average Bonchev–Trinajstić information content (AvgIpc) is 2.66. The summed E-state index contributed by atoms with van der Waals surface area (Å²) in [5.74, 6) is 0.595. The van der Waals surface area contributed by atoms with Gasteiger partial charge in [0.2, 0.25) is 0 Å². The highest BCUT2D eigenvalue weighted by Crippen LogP contribution is 2.46. The molecular weight excluding hydrogens is 370 g/mol. The van der Waals surface area contributed by atoms with E-state index < -0.39 is 10.0 Å². The number of fused-ring (bicyclic) bond motifs is 2. The van der Waals surface area contributed by atoms with Gasteiger partial charge < -0.3 is 10.1 Å². The van der Waals surface area contributed by atoms with Gasteiger partial charge >= 0.3 is 0 Å². The average molecular weight is 385 g/mol. The standard InChI is InChI=1S/C18H15N3O3S2/c1-24-12-6-8-13(9-7-12)26(22,23)21-15-10-19-11-17-18(15)20-14-4-2-3-5-16(14)25-17/h2-11,20-21H,1H3. The van der Waals surface area contributed by atoms with Gasteiger partial charge in [-0.15, -0.1) is 0 Å². The first kappa shape index (κ1) is 16.7. The van der Waals surface area contributed by atoms with E-state index in [1.165, 1.54) is 25.4 Å². The van der Waals surface area contributed by atoms with Crippen LogP contribution in [0.4, 0.5) is 17.1 Å². The Morgan fingerprint density at radius 1 is 1.04 bits per heavy atom. The lowest BCUT2D eigenvalue weighted by Gasteiger charge is -2.23. The monoisotopic (exact) mass is 385 g/mol. The van der Waals surface area contributed by atoms with Gasteiger partial charge in [-0.2, -0.15) is 0 Å². The summed E-state index contributed by atoms with van der Waals surface area (Å²) in [5.41, 5.74) is 2.03. The molecule has 0 bridgehead atoms. The van der Waals surface area contributed by atoms with Gasteiger partial charge in [-0.1, -0.05) is 23.9 Å². The molecule has 0 amide bonds. The zero-order valence-electron chi connectivity index (χ0n) is 13.8. The zero-order chi connectivity index (χ0) is 18.1. The molecule has 4 rings (SSSR count). The van der Waals surface area contributed by atoms with Crippen molar-refractivity contribution < 1.29 is 13.2 Å². The number of pyridine rings is 1. The maximum absolute atomic E-state index is 12.7. The van der Waals surface area contributed by atoms with Gasteiger partial charge in [0.15, 0.2) is 0 Å². The molecule has 2 N–H and O–H groups in total. The number of methoxy groups -OCH3 is 1. The Bertz CT molecular complexity index is 1070. The molecule has 1 aliphatic heterocycles. The number of rotatable bonds is 4. The fraction of sp³-hybridized carbons (Fsp3) is 0.0556. The molecule has 0 unspecified atom stereocenters. The predicted molar refractivity (Wildman–Crippen MR) is 102 cm³/mol. The third-order valence-corrected chi connectivity index (χ3v) is 6.38. The maximum Gasteiger partial charge on any atom is 0.262 e. The fourth-order valence-corrected chi connectivity index (χ4v) is 4.64. The van der Waals surface area contributed by atoms with Crippen molar-refractivity contribution in [2.24, 2.45) is 0 Å². The number of para-hydroxylation sites is 1. The number of nitrogens with zero attached hydrogens (tertiary/aromatic N) is 1. The molecule has 0 aliphatic carbocycles. The summed E-state index contributed by atoms with van der Waals surface area (Å²) < 4.78 is 33.1. The topological polar surface area (TPSA) is 80.3 Å². The van der Waals surface area contributed by atoms with Gasteiger partial charge in [0.25, 0.3) is 10.0 Å². The van der Waals surface area contributed by atoms with Crippen LogP contribution in [-0.4, -0.2) is 20.5 Å². The van der Waals surface area contributed by atoms with E-state index in [1.807, 2.05) is 24.3 Å². The van der Waals surface area contributed by atoms with Crippen molar-refractivity contribution >= 4 is 38.8 Å². The fourth-order valence-electron chi connectivity index (χ4n) is 2.60. The summed E-state index contributed by atoms with van der Waals surface area (Å²) in [6, 6.07) is 14.1. The number of anilines is 3. The van der Waals surface area contributed by atoms with Crippen LogP contribution in [0.3, 0.4) is 0 Å². The van der Waals surface area contributed by atoms with Crippen LogP contribution in [0, 0.1) is 0 Å². The number of sulfonamides is 1. The summed E-state index contributed by atoms with van der Waals surface area (Å²) in [5, 5.41) is 3.29. The minimum absolute atomic E-state index is 0.153. The Hall–Kier alpha value is -2.71. The number of ether oxygens (including phenoxy) is 1. The van der Waals surface area contributed by atoms with Crippen molar-refractivity contribution in [3.8, 4) is 5.75 Å². The molecule has 2 heterocycles. The van der Waals surface area contributed by atoms with Crippen molar-refractivity contribution in [2.45, 2.75) is 14.7 Å². The van der Waals surface area contributed by atoms with E-state index in [2.05, 4.69) is 15.0 Å². The maximum atomic E-state index is 12.7. The molecule has 0 fully saturated rings. The molecule has 0 spiro atoms. The molecule has 1 aromatic heterocycles. The lowest BCUT2D eigenvalue weighted by Crippen LogP contribution is -2.15. The lowest BCUT2D eigenvalue weighted by atomic mass is 10.2. The number of benzene rings is 2. The summed E-state index contributed by atoms with van der Waals surface area (Å²) in [6.45, 7) is 0. The summed E-state index contributed by atoms with van der Waals surface area (Å²) in [4.78, 5) is 6.25. The largest absolute Gasteiger partial charge is 0.497 e. The highest BCUT2D eigenvalue weighted by molar-refractivity contribution is 7.99. The molecule has 6 nitrogen and oxygen atoms in total. The van der Waals surface area contributed by atoms with Gasteiger partial charge in [-0.05, 0) is 36.4 Å². The van der Waals surface area contributed by atoms with Crippen LogP contribution in [0.1, 0.15) is 0 Å². The van der Waals surface area contributed by atoms with Crippen molar-refractivity contribution in [3.05, 3.63) is 60.9 Å². The van der Waals surface area contributed by atoms with Crippen LogP contribution in [0.2, 0.25) is 0 Å². The number of hydrogen-bond acceptors (Lipinski definition) is 6. The molecule has 3 aromatic rings. The van der Waals surface area contributed by atoms with E-state index in [0.717, 1.165) is 15.5 Å². The lowest BCUT2D eigenvalue weighted by molar-refractivity contribution is 0.414. The van der Waals surface area contributed by atoms with Gasteiger partial charge in [-0.25, -0.2) is 8.42 Å². The van der Waals surface area contributed by atoms with E-state index in [-0.39, 0.29) is 4.90 Å². The molecule has 1 aliphatic rings. The van der Waals surface area contributed by atoms with Crippen LogP contribution < -0.4 is 14.8 Å². The molecule has 0 saturated carbocycles. The Balaban J connectivity index is 1.67. The first-order valence-electron chi connectivity index (χ1n) is 7.75. The molecule has 2 aromatic carbocycles. The van der Waals surface area contributed by atoms with Crippen molar-refractivity contribution in [2.75, 3.05) is 17.1 Å². The van der Waals surface area contributed by atoms with Gasteiger partial charge in [0.05, 0.1) is 40.2 Å². The molecule has 0 saturated heterocycles. The van der Waals surface area contributed by atoms with Crippen molar-refractivity contribution in [3.63, 3.8) is 0 Å². The SMILES string of the molecule is COc1ccc(S(=O)(=O)Nc2cncc3c2Nc2ccccc2S3)cc1. The van der Waals surface area contributed by atoms with Crippen LogP contribution in [0.25, 0.3) is 0 Å². The molecule has 8 heteroatoms. The highest BCUT2D eigenvalue weighted by Gasteiger charge is 2.22. The summed E-state index contributed by atoms with van der Waals surface area (Å²) >= 11 is 1.55. The third-order valence-electron chi connectivity index (χ3n) is 3.89. The Morgan fingerprint density at radius 3 is 2.58 bits per heavy atom. The molecule has 0 atom stereocenters. The second-order valence-electron chi connectivity index (χ2n) is 5.56. The number of aromatic nitrogens is 1. The number of hydrogen-bond donors (Lipinski definition) is 2. The van der Waals surface area contributed by atoms with Gasteiger partial charge in [0, 0.05) is 11.1 Å². The molecule has 132 valence electrons. The van der Waals surface area contributed by atoms with Crippen LogP contribution >= 0.6 is 11.8 Å². The van der Waals surface area contributed by atoms with Crippen molar-refractivity contribution in [1.29, 1.82) is 0 Å². The summed E-state index contributed by atoms with van der Waals surface area (Å²) in [7, 11) is -2.21. The van der Waals surface area contributed by atoms with Gasteiger partial charge in [-0.3, -0.25) is 9.71 Å². The van der Waals surface area contributed by atoms with Crippen LogP contribution in [-0.2, 0) is 10.0 Å². The minimum Gasteiger partial charge on any atom is -0.497 e. The highest BCUT2D eigenvalue weighted by atomic mass is 32.2. The third kappa shape index (κ3) is 3.09. The Morgan fingerprint density at radius 2 is 1.81 bits per heavy atom. The predicted octanol–water partition coefficient (Wildman–Crippen LogP) is 4.10. The van der Waals surface area contributed by atoms with Crippen LogP contribution in [0.5, 0.6) is 5.75 Å². The number of nitrogens with one attached hydrogen (secondary N) is 2. The summed E-state index contributed by atoms with van der Waals surface area (Å²) in [6.07, 6.45) is 3.22. The second kappa shape index (κ2) is 6.54. The van der Waals surface area contributed by atoms with E-state index in [0.29, 0.717) is 17.1 Å². The van der Waals surface area contributed by atoms with E-state index in [9.17, 15) is 8.42 Å².